The smallest absolute Gasteiger partial charge is 0.316 e. The van der Waals surface area contributed by atoms with Crippen molar-refractivity contribution in [2.75, 3.05) is 6.79 Å². The van der Waals surface area contributed by atoms with Gasteiger partial charge in [0, 0.05) is 12.1 Å². The Morgan fingerprint density at radius 3 is 2.35 bits per heavy atom. The lowest BCUT2D eigenvalue weighted by molar-refractivity contribution is -0.278. The summed E-state index contributed by atoms with van der Waals surface area (Å²) in [6.07, 6.45) is 0. The molecule has 4 rings (SSSR count). The zero-order valence-corrected chi connectivity index (χ0v) is 17.8. The van der Waals surface area contributed by atoms with E-state index in [9.17, 15) is 4.79 Å². The SMILES string of the molecule is [B]c1cc(-c2noc(C(=O)NCc3ccc(Oc4ccccc4)cc3)n2)cc([B])c1OCOO. The third kappa shape index (κ3) is 5.64. The summed E-state index contributed by atoms with van der Waals surface area (Å²) >= 11 is 0. The maximum atomic E-state index is 12.4. The number of para-hydroxylation sites is 1. The molecule has 3 aromatic carbocycles. The molecule has 1 amide bonds. The number of hydrogen-bond acceptors (Lipinski definition) is 8. The zero-order valence-electron chi connectivity index (χ0n) is 17.8. The van der Waals surface area contributed by atoms with Crippen LogP contribution in [0.5, 0.6) is 17.2 Å². The molecular weight excluding hydrogens is 436 g/mol. The number of nitrogens with one attached hydrogen (secondary N) is 1. The molecule has 1 aromatic heterocycles. The Morgan fingerprint density at radius 1 is 1.00 bits per heavy atom. The number of hydrogen-bond donors (Lipinski definition) is 2. The third-order valence-electron chi connectivity index (χ3n) is 4.64. The number of ether oxygens (including phenoxy) is 2. The van der Waals surface area contributed by atoms with Crippen LogP contribution in [0.15, 0.2) is 71.3 Å². The van der Waals surface area contributed by atoms with Crippen LogP contribution in [0.25, 0.3) is 11.4 Å². The number of aromatic nitrogens is 2. The van der Waals surface area contributed by atoms with Crippen LogP contribution in [0.4, 0.5) is 0 Å². The molecule has 0 saturated heterocycles. The Hall–Kier alpha value is -4.08. The summed E-state index contributed by atoms with van der Waals surface area (Å²) in [5.41, 5.74) is 1.62. The van der Waals surface area contributed by atoms with Crippen molar-refractivity contribution >= 4 is 32.5 Å². The number of carbonyl (C=O) groups excluding carboxylic acids is 1. The first-order chi connectivity index (χ1) is 16.5. The molecular formula is C23H17B2N3O6. The molecule has 0 bridgehead atoms. The highest BCUT2D eigenvalue weighted by Gasteiger charge is 2.17. The standard InChI is InChI=1S/C23H17B2N3O6/c24-18-10-15(11-19(25)20(18)31-13-32-30)21-27-23(34-28-21)22(29)26-12-14-6-8-17(9-7-14)33-16-4-2-1-3-5-16/h1-11,30H,12-13H2,(H,26,29). The number of amides is 1. The topological polar surface area (TPSA) is 116 Å². The number of rotatable bonds is 9. The van der Waals surface area contributed by atoms with E-state index in [1.807, 2.05) is 54.6 Å². The predicted molar refractivity (Wildman–Crippen MR) is 124 cm³/mol. The maximum Gasteiger partial charge on any atom is 0.316 e. The lowest BCUT2D eigenvalue weighted by atomic mass is 9.83. The zero-order chi connectivity index (χ0) is 23.9. The summed E-state index contributed by atoms with van der Waals surface area (Å²) < 4.78 is 15.9. The number of nitrogens with zero attached hydrogens (tertiary/aromatic N) is 2. The van der Waals surface area contributed by atoms with Gasteiger partial charge in [0.2, 0.25) is 12.6 Å². The van der Waals surface area contributed by atoms with Crippen LogP contribution in [-0.2, 0) is 11.4 Å². The van der Waals surface area contributed by atoms with Crippen molar-refractivity contribution in [3.63, 3.8) is 0 Å². The van der Waals surface area contributed by atoms with Crippen molar-refractivity contribution in [2.24, 2.45) is 0 Å². The fourth-order valence-corrected chi connectivity index (χ4v) is 3.05. The summed E-state index contributed by atoms with van der Waals surface area (Å²) in [6, 6.07) is 19.7. The molecule has 0 saturated carbocycles. The number of benzene rings is 3. The van der Waals surface area contributed by atoms with E-state index in [0.717, 1.165) is 11.3 Å². The van der Waals surface area contributed by atoms with Gasteiger partial charge in [-0.3, -0.25) is 4.79 Å². The second-order valence-corrected chi connectivity index (χ2v) is 7.04. The van der Waals surface area contributed by atoms with Gasteiger partial charge < -0.3 is 19.3 Å². The largest absolute Gasteiger partial charge is 0.466 e. The minimum atomic E-state index is -0.538. The van der Waals surface area contributed by atoms with Crippen molar-refractivity contribution in [3.05, 3.63) is 78.2 Å². The van der Waals surface area contributed by atoms with Crippen molar-refractivity contribution in [1.82, 2.24) is 15.5 Å². The van der Waals surface area contributed by atoms with Crippen LogP contribution >= 0.6 is 0 Å². The quantitative estimate of drug-likeness (QED) is 0.171. The molecule has 4 aromatic rings. The van der Waals surface area contributed by atoms with E-state index in [0.29, 0.717) is 11.3 Å². The van der Waals surface area contributed by atoms with Gasteiger partial charge in [-0.2, -0.15) is 9.87 Å². The molecule has 0 aliphatic heterocycles. The van der Waals surface area contributed by atoms with Crippen LogP contribution < -0.4 is 25.7 Å². The average molecular weight is 453 g/mol. The van der Waals surface area contributed by atoms with Gasteiger partial charge in [0.15, 0.2) is 0 Å². The summed E-state index contributed by atoms with van der Waals surface area (Å²) in [5, 5.41) is 14.9. The molecule has 2 N–H and O–H groups in total. The van der Waals surface area contributed by atoms with E-state index >= 15 is 0 Å². The highest BCUT2D eigenvalue weighted by molar-refractivity contribution is 6.41. The lowest BCUT2D eigenvalue weighted by Crippen LogP contribution is -2.23. The molecule has 0 unspecified atom stereocenters. The molecule has 9 nitrogen and oxygen atoms in total. The Balaban J connectivity index is 1.36. The van der Waals surface area contributed by atoms with Gasteiger partial charge in [-0.15, -0.1) is 0 Å². The molecule has 0 spiro atoms. The Kier molecular flexibility index (Phi) is 7.26. The van der Waals surface area contributed by atoms with Crippen LogP contribution in [0, 0.1) is 0 Å². The van der Waals surface area contributed by atoms with Crippen LogP contribution in [0.2, 0.25) is 0 Å². The molecule has 0 aliphatic rings. The second-order valence-electron chi connectivity index (χ2n) is 7.04. The highest BCUT2D eigenvalue weighted by atomic mass is 17.1. The average Bonchev–Trinajstić information content (AvgIpc) is 3.34. The minimum Gasteiger partial charge on any atom is -0.466 e. The molecule has 166 valence electrons. The van der Waals surface area contributed by atoms with Crippen molar-refractivity contribution in [1.29, 1.82) is 0 Å². The second kappa shape index (κ2) is 10.7. The molecule has 0 aliphatic carbocycles. The van der Waals surface area contributed by atoms with Gasteiger partial charge in [0.05, 0.1) is 0 Å². The van der Waals surface area contributed by atoms with E-state index in [4.69, 9.17) is 34.9 Å². The molecule has 1 heterocycles. The first kappa shape index (κ1) is 23.1. The normalized spacial score (nSPS) is 10.6. The lowest BCUT2D eigenvalue weighted by Gasteiger charge is -2.12. The number of carbonyl (C=O) groups is 1. The first-order valence-corrected chi connectivity index (χ1v) is 10.1. The molecule has 34 heavy (non-hydrogen) atoms. The summed E-state index contributed by atoms with van der Waals surface area (Å²) in [5.74, 6) is 0.923. The Morgan fingerprint density at radius 2 is 1.68 bits per heavy atom. The fraction of sp³-hybridized carbons (Fsp3) is 0.0870. The van der Waals surface area contributed by atoms with E-state index in [2.05, 4.69) is 20.3 Å². The van der Waals surface area contributed by atoms with Crippen LogP contribution in [-0.4, -0.2) is 43.8 Å². The summed E-state index contributed by atoms with van der Waals surface area (Å²) in [7, 11) is 11.8. The molecule has 11 heteroatoms. The van der Waals surface area contributed by atoms with Crippen molar-refractivity contribution < 1.29 is 28.9 Å². The van der Waals surface area contributed by atoms with Crippen LogP contribution in [0.1, 0.15) is 16.2 Å². The summed E-state index contributed by atoms with van der Waals surface area (Å²) in [6.45, 7) is -0.190. The first-order valence-electron chi connectivity index (χ1n) is 10.1. The van der Waals surface area contributed by atoms with Crippen molar-refractivity contribution in [3.8, 4) is 28.6 Å². The van der Waals surface area contributed by atoms with E-state index in [1.165, 1.54) is 12.1 Å². The predicted octanol–water partition coefficient (Wildman–Crippen LogP) is 1.87. The monoisotopic (exact) mass is 453 g/mol. The van der Waals surface area contributed by atoms with Gasteiger partial charge in [0.1, 0.15) is 32.9 Å². The van der Waals surface area contributed by atoms with E-state index < -0.39 is 12.7 Å². The molecule has 4 radical (unpaired) electrons. The van der Waals surface area contributed by atoms with Crippen molar-refractivity contribution in [2.45, 2.75) is 6.54 Å². The molecule has 0 fully saturated rings. The van der Waals surface area contributed by atoms with Crippen LogP contribution in [0.3, 0.4) is 0 Å². The summed E-state index contributed by atoms with van der Waals surface area (Å²) in [4.78, 5) is 20.4. The van der Waals surface area contributed by atoms with E-state index in [1.54, 1.807) is 0 Å². The molecule has 0 atom stereocenters. The minimum absolute atomic E-state index is 0.121. The Labute approximate surface area is 197 Å². The van der Waals surface area contributed by atoms with Gasteiger partial charge in [-0.25, -0.2) is 5.26 Å². The van der Waals surface area contributed by atoms with Gasteiger partial charge in [0.25, 0.3) is 0 Å². The van der Waals surface area contributed by atoms with Gasteiger partial charge in [-0.05, 0) is 29.8 Å². The van der Waals surface area contributed by atoms with E-state index in [-0.39, 0.29) is 34.9 Å². The maximum absolute atomic E-state index is 12.4. The Bertz CT molecular complexity index is 1240. The highest BCUT2D eigenvalue weighted by Crippen LogP contribution is 2.21. The van der Waals surface area contributed by atoms with Gasteiger partial charge in [-0.1, -0.05) is 58.5 Å². The third-order valence-corrected chi connectivity index (χ3v) is 4.64. The van der Waals surface area contributed by atoms with Gasteiger partial charge >= 0.3 is 11.8 Å². The fourth-order valence-electron chi connectivity index (χ4n) is 3.05.